The van der Waals surface area contributed by atoms with Crippen molar-refractivity contribution in [3.63, 3.8) is 0 Å². The average Bonchev–Trinajstić information content (AvgIpc) is 2.53. The molecule has 1 heterocycles. The number of rotatable bonds is 4. The number of carbonyl (C=O) groups is 1. The number of nitrogens with zero attached hydrogens (tertiary/aromatic N) is 3. The maximum absolute atomic E-state index is 12.2. The molecule has 0 saturated heterocycles. The van der Waals surface area contributed by atoms with Gasteiger partial charge in [0.25, 0.3) is 5.91 Å². The van der Waals surface area contributed by atoms with E-state index < -0.39 is 0 Å². The van der Waals surface area contributed by atoms with E-state index in [-0.39, 0.29) is 11.9 Å². The fourth-order valence-electron chi connectivity index (χ4n) is 1.65. The van der Waals surface area contributed by atoms with Crippen LogP contribution in [-0.2, 0) is 7.05 Å². The third kappa shape index (κ3) is 2.76. The molecule has 1 aromatic rings. The summed E-state index contributed by atoms with van der Waals surface area (Å²) in [5, 5.41) is 4.17. The van der Waals surface area contributed by atoms with Gasteiger partial charge in [-0.15, -0.1) is 11.6 Å². The van der Waals surface area contributed by atoms with Crippen molar-refractivity contribution in [1.29, 1.82) is 0 Å². The molecule has 0 atom stereocenters. The molecule has 4 nitrogen and oxygen atoms in total. The highest BCUT2D eigenvalue weighted by Gasteiger charge is 2.21. The SMILES string of the molecule is Cc1nn(C)cc1C(=O)N(CCCl)C(C)C. The fraction of sp³-hybridized carbons (Fsp3) is 0.636. The number of alkyl halides is 1. The van der Waals surface area contributed by atoms with Crippen LogP contribution in [0.3, 0.4) is 0 Å². The summed E-state index contributed by atoms with van der Waals surface area (Å²) in [6.45, 7) is 6.37. The van der Waals surface area contributed by atoms with Gasteiger partial charge in [0.1, 0.15) is 0 Å². The molecule has 0 unspecified atom stereocenters. The normalized spacial score (nSPS) is 10.9. The summed E-state index contributed by atoms with van der Waals surface area (Å²) in [5.41, 5.74) is 1.41. The monoisotopic (exact) mass is 243 g/mol. The first-order valence-electron chi connectivity index (χ1n) is 5.34. The van der Waals surface area contributed by atoms with Crippen molar-refractivity contribution >= 4 is 17.5 Å². The smallest absolute Gasteiger partial charge is 0.257 e. The van der Waals surface area contributed by atoms with Crippen LogP contribution >= 0.6 is 11.6 Å². The quantitative estimate of drug-likeness (QED) is 0.757. The van der Waals surface area contributed by atoms with Gasteiger partial charge in [-0.05, 0) is 20.8 Å². The summed E-state index contributed by atoms with van der Waals surface area (Å²) in [6, 6.07) is 0.144. The second-order valence-electron chi connectivity index (χ2n) is 4.08. The Morgan fingerprint density at radius 3 is 2.62 bits per heavy atom. The molecule has 16 heavy (non-hydrogen) atoms. The minimum absolute atomic E-state index is 0.00116. The molecule has 0 aliphatic carbocycles. The Hall–Kier alpha value is -1.03. The molecule has 90 valence electrons. The van der Waals surface area contributed by atoms with E-state index in [1.165, 1.54) is 0 Å². The summed E-state index contributed by atoms with van der Waals surface area (Å²) in [7, 11) is 1.81. The van der Waals surface area contributed by atoms with Gasteiger partial charge in [0.2, 0.25) is 0 Å². The van der Waals surface area contributed by atoms with Gasteiger partial charge in [-0.25, -0.2) is 0 Å². The van der Waals surface area contributed by atoms with Crippen LogP contribution in [0.15, 0.2) is 6.20 Å². The molecule has 0 saturated carbocycles. The molecule has 1 amide bonds. The molecular formula is C11H18ClN3O. The molecule has 5 heteroatoms. The van der Waals surface area contributed by atoms with E-state index in [1.807, 2.05) is 27.8 Å². The van der Waals surface area contributed by atoms with E-state index in [2.05, 4.69) is 5.10 Å². The minimum atomic E-state index is 0.00116. The van der Waals surface area contributed by atoms with Crippen molar-refractivity contribution < 1.29 is 4.79 Å². The second kappa shape index (κ2) is 5.34. The minimum Gasteiger partial charge on any atom is -0.335 e. The maximum atomic E-state index is 12.2. The molecule has 0 spiro atoms. The van der Waals surface area contributed by atoms with Crippen LogP contribution < -0.4 is 0 Å². The Balaban J connectivity index is 2.94. The van der Waals surface area contributed by atoms with E-state index in [1.54, 1.807) is 15.8 Å². The first-order chi connectivity index (χ1) is 7.47. The summed E-state index contributed by atoms with van der Waals surface area (Å²) < 4.78 is 1.65. The van der Waals surface area contributed by atoms with Crippen LogP contribution in [-0.4, -0.2) is 39.1 Å². The first-order valence-corrected chi connectivity index (χ1v) is 5.88. The zero-order valence-corrected chi connectivity index (χ0v) is 11.0. The van der Waals surface area contributed by atoms with Crippen LogP contribution in [0.5, 0.6) is 0 Å². The van der Waals surface area contributed by atoms with Crippen LogP contribution in [0.2, 0.25) is 0 Å². The van der Waals surface area contributed by atoms with E-state index in [0.29, 0.717) is 18.0 Å². The number of carbonyl (C=O) groups excluding carboxylic acids is 1. The zero-order valence-electron chi connectivity index (χ0n) is 10.2. The molecule has 0 N–H and O–H groups in total. The molecule has 0 aliphatic rings. The lowest BCUT2D eigenvalue weighted by Crippen LogP contribution is -2.38. The Morgan fingerprint density at radius 2 is 2.25 bits per heavy atom. The Kier molecular flexibility index (Phi) is 4.35. The van der Waals surface area contributed by atoms with Gasteiger partial charge < -0.3 is 4.90 Å². The van der Waals surface area contributed by atoms with Crippen molar-refractivity contribution in [3.05, 3.63) is 17.5 Å². The molecule has 0 aliphatic heterocycles. The molecule has 1 aromatic heterocycles. The number of hydrogen-bond donors (Lipinski definition) is 0. The number of hydrogen-bond acceptors (Lipinski definition) is 2. The fourth-order valence-corrected chi connectivity index (χ4v) is 1.83. The van der Waals surface area contributed by atoms with Gasteiger partial charge in [-0.2, -0.15) is 5.10 Å². The Bertz CT molecular complexity index is 373. The van der Waals surface area contributed by atoms with Gasteiger partial charge in [0.05, 0.1) is 11.3 Å². The van der Waals surface area contributed by atoms with Crippen molar-refractivity contribution in [2.75, 3.05) is 12.4 Å². The molecule has 0 fully saturated rings. The van der Waals surface area contributed by atoms with Crippen molar-refractivity contribution in [2.24, 2.45) is 7.05 Å². The number of aryl methyl sites for hydroxylation is 2. The van der Waals surface area contributed by atoms with Crippen LogP contribution in [0.1, 0.15) is 29.9 Å². The van der Waals surface area contributed by atoms with Gasteiger partial charge >= 0.3 is 0 Å². The van der Waals surface area contributed by atoms with Crippen molar-refractivity contribution in [2.45, 2.75) is 26.8 Å². The summed E-state index contributed by atoms with van der Waals surface area (Å²) >= 11 is 5.70. The van der Waals surface area contributed by atoms with Crippen molar-refractivity contribution in [1.82, 2.24) is 14.7 Å². The molecule has 1 rings (SSSR count). The standard InChI is InChI=1S/C11H18ClN3O/c1-8(2)15(6-5-12)11(16)10-7-14(4)13-9(10)3/h7-8H,5-6H2,1-4H3. The molecule has 0 aromatic carbocycles. The van der Waals surface area contributed by atoms with E-state index in [0.717, 1.165) is 5.69 Å². The predicted octanol–water partition coefficient (Wildman–Crippen LogP) is 1.82. The highest BCUT2D eigenvalue weighted by atomic mass is 35.5. The van der Waals surface area contributed by atoms with Gasteiger partial charge in [0, 0.05) is 31.7 Å². The predicted molar refractivity (Wildman–Crippen MR) is 64.8 cm³/mol. The Labute approximate surface area is 101 Å². The number of amides is 1. The maximum Gasteiger partial charge on any atom is 0.257 e. The lowest BCUT2D eigenvalue weighted by Gasteiger charge is -2.25. The average molecular weight is 244 g/mol. The van der Waals surface area contributed by atoms with Gasteiger partial charge in [0.15, 0.2) is 0 Å². The lowest BCUT2D eigenvalue weighted by atomic mass is 10.2. The first kappa shape index (κ1) is 13.0. The largest absolute Gasteiger partial charge is 0.335 e. The van der Waals surface area contributed by atoms with Gasteiger partial charge in [-0.3, -0.25) is 9.48 Å². The molecule has 0 bridgehead atoms. The highest BCUT2D eigenvalue weighted by molar-refractivity contribution is 6.18. The van der Waals surface area contributed by atoms with Crippen LogP contribution in [0.4, 0.5) is 0 Å². The third-order valence-electron chi connectivity index (χ3n) is 2.45. The van der Waals surface area contributed by atoms with Crippen molar-refractivity contribution in [3.8, 4) is 0 Å². The Morgan fingerprint density at radius 1 is 1.62 bits per heavy atom. The number of halogens is 1. The lowest BCUT2D eigenvalue weighted by molar-refractivity contribution is 0.0717. The second-order valence-corrected chi connectivity index (χ2v) is 4.46. The third-order valence-corrected chi connectivity index (χ3v) is 2.62. The van der Waals surface area contributed by atoms with E-state index in [9.17, 15) is 4.79 Å². The zero-order chi connectivity index (χ0) is 12.3. The number of aromatic nitrogens is 2. The van der Waals surface area contributed by atoms with E-state index in [4.69, 9.17) is 11.6 Å². The highest BCUT2D eigenvalue weighted by Crippen LogP contribution is 2.11. The van der Waals surface area contributed by atoms with Crippen LogP contribution in [0.25, 0.3) is 0 Å². The van der Waals surface area contributed by atoms with Gasteiger partial charge in [-0.1, -0.05) is 0 Å². The summed E-state index contributed by atoms with van der Waals surface area (Å²) in [6.07, 6.45) is 1.75. The summed E-state index contributed by atoms with van der Waals surface area (Å²) in [5.74, 6) is 0.449. The van der Waals surface area contributed by atoms with E-state index >= 15 is 0 Å². The topological polar surface area (TPSA) is 38.1 Å². The summed E-state index contributed by atoms with van der Waals surface area (Å²) in [4.78, 5) is 14.0. The molecular weight excluding hydrogens is 226 g/mol. The van der Waals surface area contributed by atoms with Crippen LogP contribution in [0, 0.1) is 6.92 Å². The molecule has 0 radical (unpaired) electrons.